The molecule has 2 aliphatic heterocycles. The second-order valence-electron chi connectivity index (χ2n) is 6.18. The van der Waals surface area contributed by atoms with Crippen LogP contribution in [0, 0.1) is 5.92 Å². The summed E-state index contributed by atoms with van der Waals surface area (Å²) in [4.78, 5) is 32.0. The normalized spacial score (nSPS) is 22.4. The molecule has 3 heterocycles. The molecule has 2 aliphatic rings. The van der Waals surface area contributed by atoms with Crippen LogP contribution in [0.4, 0.5) is 5.82 Å². The van der Waals surface area contributed by atoms with Gasteiger partial charge in [-0.2, -0.15) is 0 Å². The van der Waals surface area contributed by atoms with Crippen molar-refractivity contribution >= 4 is 17.6 Å². The van der Waals surface area contributed by atoms with E-state index in [1.807, 2.05) is 12.1 Å². The quantitative estimate of drug-likeness (QED) is 0.881. The van der Waals surface area contributed by atoms with Gasteiger partial charge in [-0.05, 0) is 30.9 Å². The van der Waals surface area contributed by atoms with Gasteiger partial charge in [-0.25, -0.2) is 4.98 Å². The molecule has 1 unspecified atom stereocenters. The van der Waals surface area contributed by atoms with Crippen LogP contribution < -0.4 is 10.2 Å². The highest BCUT2D eigenvalue weighted by Crippen LogP contribution is 2.21. The number of pyridine rings is 1. The lowest BCUT2D eigenvalue weighted by Crippen LogP contribution is -2.50. The van der Waals surface area contributed by atoms with E-state index in [2.05, 4.69) is 22.1 Å². The fraction of sp³-hybridized carbons (Fsp3) is 0.562. The number of hydrogen-bond acceptors (Lipinski definition) is 4. The van der Waals surface area contributed by atoms with Gasteiger partial charge in [-0.1, -0.05) is 6.92 Å². The smallest absolute Gasteiger partial charge is 0.255 e. The number of nitrogens with zero attached hydrogens (tertiary/aromatic N) is 3. The molecule has 1 N–H and O–H groups in total. The van der Waals surface area contributed by atoms with Crippen molar-refractivity contribution in [1.82, 2.24) is 15.2 Å². The lowest BCUT2D eigenvalue weighted by Gasteiger charge is -2.32. The summed E-state index contributed by atoms with van der Waals surface area (Å²) in [6.07, 6.45) is 4.08. The summed E-state index contributed by atoms with van der Waals surface area (Å²) < 4.78 is 0. The Balaban J connectivity index is 1.68. The first-order valence-electron chi connectivity index (χ1n) is 7.90. The Morgan fingerprint density at radius 2 is 2.23 bits per heavy atom. The number of hydrogen-bond donors (Lipinski definition) is 1. The predicted octanol–water partition coefficient (Wildman–Crippen LogP) is 0.890. The molecule has 22 heavy (non-hydrogen) atoms. The fourth-order valence-electron chi connectivity index (χ4n) is 3.09. The highest BCUT2D eigenvalue weighted by atomic mass is 16.2. The van der Waals surface area contributed by atoms with E-state index in [0.717, 1.165) is 18.9 Å². The third-order valence-electron chi connectivity index (χ3n) is 4.30. The van der Waals surface area contributed by atoms with Gasteiger partial charge in [0.05, 0.1) is 12.1 Å². The molecule has 0 spiro atoms. The number of carbonyl (C=O) groups is 2. The summed E-state index contributed by atoms with van der Waals surface area (Å²) in [5.74, 6) is 1.38. The van der Waals surface area contributed by atoms with Gasteiger partial charge in [0.1, 0.15) is 5.82 Å². The zero-order valence-electron chi connectivity index (χ0n) is 12.9. The van der Waals surface area contributed by atoms with E-state index in [1.54, 1.807) is 11.1 Å². The van der Waals surface area contributed by atoms with Crippen molar-refractivity contribution in [2.45, 2.75) is 19.8 Å². The Morgan fingerprint density at radius 1 is 1.36 bits per heavy atom. The van der Waals surface area contributed by atoms with Gasteiger partial charge in [-0.3, -0.25) is 9.59 Å². The number of rotatable bonds is 2. The Labute approximate surface area is 130 Å². The number of piperidine rings is 1. The standard InChI is InChI=1S/C16H22N4O2/c1-12-3-2-7-19(10-12)14-5-4-13(9-18-14)16(22)20-8-6-17-15(21)11-20/h4-5,9,12H,2-3,6-8,10-11H2,1H3,(H,17,21). The molecule has 6 nitrogen and oxygen atoms in total. The molecule has 2 saturated heterocycles. The first-order chi connectivity index (χ1) is 10.6. The number of nitrogens with one attached hydrogen (secondary N) is 1. The van der Waals surface area contributed by atoms with Gasteiger partial charge in [0.15, 0.2) is 0 Å². The number of anilines is 1. The summed E-state index contributed by atoms with van der Waals surface area (Å²) >= 11 is 0. The lowest BCUT2D eigenvalue weighted by molar-refractivity contribution is -0.123. The monoisotopic (exact) mass is 302 g/mol. The average molecular weight is 302 g/mol. The molecule has 2 amide bonds. The largest absolute Gasteiger partial charge is 0.356 e. The van der Waals surface area contributed by atoms with Gasteiger partial charge in [0.2, 0.25) is 5.91 Å². The Bertz CT molecular complexity index is 558. The van der Waals surface area contributed by atoms with Crippen molar-refractivity contribution in [2.24, 2.45) is 5.92 Å². The second-order valence-corrected chi connectivity index (χ2v) is 6.18. The van der Waals surface area contributed by atoms with Gasteiger partial charge >= 0.3 is 0 Å². The zero-order chi connectivity index (χ0) is 15.5. The fourth-order valence-corrected chi connectivity index (χ4v) is 3.09. The van der Waals surface area contributed by atoms with Crippen LogP contribution in [0.3, 0.4) is 0 Å². The van der Waals surface area contributed by atoms with Crippen LogP contribution in [0.25, 0.3) is 0 Å². The molecule has 0 aromatic carbocycles. The van der Waals surface area contributed by atoms with Crippen LogP contribution in [0.5, 0.6) is 0 Å². The molecule has 0 bridgehead atoms. The summed E-state index contributed by atoms with van der Waals surface area (Å²) in [5, 5.41) is 2.72. The van der Waals surface area contributed by atoms with Gasteiger partial charge < -0.3 is 15.1 Å². The molecule has 0 saturated carbocycles. The molecular weight excluding hydrogens is 280 g/mol. The van der Waals surface area contributed by atoms with Gasteiger partial charge in [0.25, 0.3) is 5.91 Å². The van der Waals surface area contributed by atoms with Crippen molar-refractivity contribution < 1.29 is 9.59 Å². The Kier molecular flexibility index (Phi) is 4.27. The van der Waals surface area contributed by atoms with E-state index in [1.165, 1.54) is 12.8 Å². The van der Waals surface area contributed by atoms with Crippen LogP contribution in [-0.2, 0) is 4.79 Å². The van der Waals surface area contributed by atoms with E-state index in [0.29, 0.717) is 24.6 Å². The second kappa shape index (κ2) is 6.34. The molecule has 1 aromatic heterocycles. The van der Waals surface area contributed by atoms with Gasteiger partial charge in [-0.15, -0.1) is 0 Å². The molecule has 1 atom stereocenters. The number of aromatic nitrogens is 1. The lowest BCUT2D eigenvalue weighted by atomic mass is 10.0. The molecule has 2 fully saturated rings. The van der Waals surface area contributed by atoms with E-state index >= 15 is 0 Å². The van der Waals surface area contributed by atoms with Crippen LogP contribution in [-0.4, -0.2) is 54.4 Å². The van der Waals surface area contributed by atoms with Crippen LogP contribution in [0.15, 0.2) is 18.3 Å². The number of amides is 2. The number of piperazine rings is 1. The minimum atomic E-state index is -0.124. The maximum Gasteiger partial charge on any atom is 0.255 e. The van der Waals surface area contributed by atoms with E-state index < -0.39 is 0 Å². The topological polar surface area (TPSA) is 65.5 Å². The molecule has 118 valence electrons. The maximum atomic E-state index is 12.4. The third-order valence-corrected chi connectivity index (χ3v) is 4.30. The van der Waals surface area contributed by atoms with Gasteiger partial charge in [0, 0.05) is 32.4 Å². The van der Waals surface area contributed by atoms with Crippen molar-refractivity contribution in [1.29, 1.82) is 0 Å². The summed E-state index contributed by atoms with van der Waals surface area (Å²) in [6.45, 7) is 5.50. The molecule has 0 radical (unpaired) electrons. The van der Waals surface area contributed by atoms with Crippen LogP contribution >= 0.6 is 0 Å². The minimum absolute atomic E-state index is 0.105. The third kappa shape index (κ3) is 3.21. The summed E-state index contributed by atoms with van der Waals surface area (Å²) in [6, 6.07) is 3.73. The van der Waals surface area contributed by atoms with Crippen molar-refractivity contribution in [3.8, 4) is 0 Å². The highest BCUT2D eigenvalue weighted by molar-refractivity contribution is 5.96. The van der Waals surface area contributed by atoms with Crippen LogP contribution in [0.1, 0.15) is 30.1 Å². The Hall–Kier alpha value is -2.11. The molecular formula is C16H22N4O2. The maximum absolute atomic E-state index is 12.4. The Morgan fingerprint density at radius 3 is 2.91 bits per heavy atom. The molecule has 3 rings (SSSR count). The van der Waals surface area contributed by atoms with E-state index in [9.17, 15) is 9.59 Å². The summed E-state index contributed by atoms with van der Waals surface area (Å²) in [5.41, 5.74) is 0.545. The van der Waals surface area contributed by atoms with Crippen molar-refractivity contribution in [2.75, 3.05) is 37.6 Å². The minimum Gasteiger partial charge on any atom is -0.356 e. The number of carbonyl (C=O) groups excluding carboxylic acids is 2. The first-order valence-corrected chi connectivity index (χ1v) is 7.90. The van der Waals surface area contributed by atoms with Crippen molar-refractivity contribution in [3.05, 3.63) is 23.9 Å². The van der Waals surface area contributed by atoms with E-state index in [4.69, 9.17) is 0 Å². The zero-order valence-corrected chi connectivity index (χ0v) is 12.9. The molecule has 6 heteroatoms. The molecule has 0 aliphatic carbocycles. The van der Waals surface area contributed by atoms with E-state index in [-0.39, 0.29) is 18.4 Å². The summed E-state index contributed by atoms with van der Waals surface area (Å²) in [7, 11) is 0. The first kappa shape index (κ1) is 14.8. The average Bonchev–Trinajstić information content (AvgIpc) is 2.54. The predicted molar refractivity (Wildman–Crippen MR) is 83.8 cm³/mol. The highest BCUT2D eigenvalue weighted by Gasteiger charge is 2.23. The van der Waals surface area contributed by atoms with Crippen LogP contribution in [0.2, 0.25) is 0 Å². The molecule has 1 aromatic rings. The SMILES string of the molecule is CC1CCCN(c2ccc(C(=O)N3CCNC(=O)C3)cn2)C1. The van der Waals surface area contributed by atoms with Crippen molar-refractivity contribution in [3.63, 3.8) is 0 Å².